The predicted molar refractivity (Wildman–Crippen MR) is 72.9 cm³/mol. The van der Waals surface area contributed by atoms with Gasteiger partial charge in [0.1, 0.15) is 6.04 Å². The normalized spacial score (nSPS) is 12.3. The summed E-state index contributed by atoms with van der Waals surface area (Å²) in [5.41, 5.74) is 0.248. The van der Waals surface area contributed by atoms with Gasteiger partial charge in [-0.05, 0) is 34.0 Å². The number of carbonyl (C=O) groups is 2. The van der Waals surface area contributed by atoms with E-state index in [4.69, 9.17) is 16.7 Å². The third-order valence-corrected chi connectivity index (χ3v) is 3.71. The summed E-state index contributed by atoms with van der Waals surface area (Å²) >= 11 is 9.19. The summed E-state index contributed by atoms with van der Waals surface area (Å²) in [5.74, 6) is -1.77. The fourth-order valence-electron chi connectivity index (χ4n) is 1.41. The number of amides is 1. The topological polar surface area (TPSA) is 66.4 Å². The van der Waals surface area contributed by atoms with Crippen LogP contribution in [0.5, 0.6) is 0 Å². The van der Waals surface area contributed by atoms with Crippen LogP contribution < -0.4 is 5.32 Å². The summed E-state index contributed by atoms with van der Waals surface area (Å²) in [7, 11) is 0. The van der Waals surface area contributed by atoms with Crippen LogP contribution in [0.2, 0.25) is 5.02 Å². The Morgan fingerprint density at radius 2 is 2.00 bits per heavy atom. The average Bonchev–Trinajstić information content (AvgIpc) is 2.28. The van der Waals surface area contributed by atoms with Gasteiger partial charge in [0.2, 0.25) is 0 Å². The van der Waals surface area contributed by atoms with Crippen LogP contribution in [-0.2, 0) is 4.79 Å². The smallest absolute Gasteiger partial charge is 0.326 e. The third kappa shape index (κ3) is 3.46. The largest absolute Gasteiger partial charge is 0.480 e. The molecule has 0 aliphatic rings. The van der Waals surface area contributed by atoms with Gasteiger partial charge in [0.25, 0.3) is 5.91 Å². The van der Waals surface area contributed by atoms with Crippen molar-refractivity contribution >= 4 is 39.4 Å². The molecule has 1 aromatic carbocycles. The molecule has 1 aromatic rings. The second-order valence-corrected chi connectivity index (χ2v) is 5.37. The van der Waals surface area contributed by atoms with E-state index in [0.29, 0.717) is 4.47 Å². The van der Waals surface area contributed by atoms with Crippen LogP contribution in [0, 0.1) is 5.92 Å². The molecule has 0 heterocycles. The van der Waals surface area contributed by atoms with Gasteiger partial charge in [0.15, 0.2) is 0 Å². The van der Waals surface area contributed by atoms with E-state index in [2.05, 4.69) is 21.2 Å². The van der Waals surface area contributed by atoms with E-state index in [1.54, 1.807) is 32.0 Å². The van der Waals surface area contributed by atoms with E-state index in [1.165, 1.54) is 0 Å². The minimum absolute atomic E-state index is 0.211. The van der Waals surface area contributed by atoms with Crippen molar-refractivity contribution in [2.45, 2.75) is 19.9 Å². The summed E-state index contributed by atoms with van der Waals surface area (Å²) < 4.78 is 0.591. The Kier molecular flexibility index (Phi) is 5.16. The minimum atomic E-state index is -1.07. The van der Waals surface area contributed by atoms with Crippen molar-refractivity contribution < 1.29 is 14.7 Å². The molecule has 0 spiro atoms. The van der Waals surface area contributed by atoms with Gasteiger partial charge < -0.3 is 10.4 Å². The maximum Gasteiger partial charge on any atom is 0.326 e. The van der Waals surface area contributed by atoms with Crippen molar-refractivity contribution in [3.8, 4) is 0 Å². The van der Waals surface area contributed by atoms with Crippen LogP contribution in [0.4, 0.5) is 0 Å². The highest BCUT2D eigenvalue weighted by Crippen LogP contribution is 2.26. The van der Waals surface area contributed by atoms with Crippen LogP contribution in [0.1, 0.15) is 24.2 Å². The first-order valence-corrected chi connectivity index (χ1v) is 6.49. The molecule has 1 rings (SSSR count). The van der Waals surface area contributed by atoms with E-state index >= 15 is 0 Å². The van der Waals surface area contributed by atoms with E-state index in [1.807, 2.05) is 0 Å². The predicted octanol–water partition coefficient (Wildman–Crippen LogP) is 2.94. The average molecular weight is 335 g/mol. The van der Waals surface area contributed by atoms with Crippen LogP contribution in [-0.4, -0.2) is 23.0 Å². The van der Waals surface area contributed by atoms with Gasteiger partial charge in [0, 0.05) is 4.47 Å². The van der Waals surface area contributed by atoms with Gasteiger partial charge in [0.05, 0.1) is 10.6 Å². The molecule has 6 heteroatoms. The monoisotopic (exact) mass is 333 g/mol. The second kappa shape index (κ2) is 6.20. The van der Waals surface area contributed by atoms with E-state index in [9.17, 15) is 9.59 Å². The molecule has 18 heavy (non-hydrogen) atoms. The molecular formula is C12H13BrClNO3. The van der Waals surface area contributed by atoms with Gasteiger partial charge >= 0.3 is 5.97 Å². The quantitative estimate of drug-likeness (QED) is 0.889. The SMILES string of the molecule is CC(C)[C@H](NC(=O)c1cccc(Br)c1Cl)C(=O)O. The van der Waals surface area contributed by atoms with Crippen LogP contribution in [0.25, 0.3) is 0 Å². The lowest BCUT2D eigenvalue weighted by Crippen LogP contribution is -2.44. The highest BCUT2D eigenvalue weighted by molar-refractivity contribution is 9.10. The van der Waals surface area contributed by atoms with Crippen molar-refractivity contribution in [2.75, 3.05) is 0 Å². The summed E-state index contributed by atoms with van der Waals surface area (Å²) in [6.07, 6.45) is 0. The summed E-state index contributed by atoms with van der Waals surface area (Å²) in [6, 6.07) is 3.97. The number of carboxylic acid groups (broad SMARTS) is 1. The Balaban J connectivity index is 2.94. The summed E-state index contributed by atoms with van der Waals surface area (Å²) in [5, 5.41) is 11.7. The molecule has 98 valence electrons. The van der Waals surface area contributed by atoms with E-state index < -0.39 is 17.9 Å². The highest BCUT2D eigenvalue weighted by Gasteiger charge is 2.25. The molecule has 0 saturated carbocycles. The number of benzene rings is 1. The third-order valence-electron chi connectivity index (χ3n) is 2.42. The van der Waals surface area contributed by atoms with Gasteiger partial charge in [-0.15, -0.1) is 0 Å². The van der Waals surface area contributed by atoms with Crippen molar-refractivity contribution in [2.24, 2.45) is 5.92 Å². The number of hydrogen-bond acceptors (Lipinski definition) is 2. The summed E-state index contributed by atoms with van der Waals surface area (Å²) in [4.78, 5) is 23.0. The lowest BCUT2D eigenvalue weighted by atomic mass is 10.0. The number of hydrogen-bond donors (Lipinski definition) is 2. The molecule has 0 aliphatic carbocycles. The van der Waals surface area contributed by atoms with Crippen molar-refractivity contribution in [1.82, 2.24) is 5.32 Å². The zero-order valence-electron chi connectivity index (χ0n) is 9.91. The molecule has 0 saturated heterocycles. The molecule has 4 nitrogen and oxygen atoms in total. The highest BCUT2D eigenvalue weighted by atomic mass is 79.9. The fourth-order valence-corrected chi connectivity index (χ4v) is 1.99. The first-order valence-electron chi connectivity index (χ1n) is 5.32. The molecule has 2 N–H and O–H groups in total. The van der Waals surface area contributed by atoms with Crippen molar-refractivity contribution in [3.05, 3.63) is 33.3 Å². The lowest BCUT2D eigenvalue weighted by molar-refractivity contribution is -0.140. The standard InChI is InChI=1S/C12H13BrClNO3/c1-6(2)10(12(17)18)15-11(16)7-4-3-5-8(13)9(7)14/h3-6,10H,1-2H3,(H,15,16)(H,17,18)/t10-/m0/s1. The molecule has 0 bridgehead atoms. The minimum Gasteiger partial charge on any atom is -0.480 e. The Hall–Kier alpha value is -1.07. The number of nitrogens with one attached hydrogen (secondary N) is 1. The maximum absolute atomic E-state index is 12.0. The number of aliphatic carboxylic acids is 1. The fraction of sp³-hybridized carbons (Fsp3) is 0.333. The van der Waals surface area contributed by atoms with Crippen LogP contribution in [0.3, 0.4) is 0 Å². The number of halogens is 2. The maximum atomic E-state index is 12.0. The molecule has 1 amide bonds. The Morgan fingerprint density at radius 3 is 2.50 bits per heavy atom. The van der Waals surface area contributed by atoms with Gasteiger partial charge in [-0.1, -0.05) is 31.5 Å². The van der Waals surface area contributed by atoms with Gasteiger partial charge in [-0.2, -0.15) is 0 Å². The molecule has 0 fully saturated rings. The Morgan fingerprint density at radius 1 is 1.39 bits per heavy atom. The summed E-state index contributed by atoms with van der Waals surface area (Å²) in [6.45, 7) is 3.45. The second-order valence-electron chi connectivity index (χ2n) is 4.13. The van der Waals surface area contributed by atoms with Crippen molar-refractivity contribution in [3.63, 3.8) is 0 Å². The Bertz CT molecular complexity index is 476. The first kappa shape index (κ1) is 15.0. The van der Waals surface area contributed by atoms with Gasteiger partial charge in [-0.3, -0.25) is 4.79 Å². The zero-order chi connectivity index (χ0) is 13.9. The molecule has 1 atom stereocenters. The number of carbonyl (C=O) groups excluding carboxylic acids is 1. The van der Waals surface area contributed by atoms with E-state index in [-0.39, 0.29) is 16.5 Å². The first-order chi connectivity index (χ1) is 8.34. The number of carboxylic acids is 1. The zero-order valence-corrected chi connectivity index (χ0v) is 12.2. The molecule has 0 aliphatic heterocycles. The molecule has 0 unspecified atom stereocenters. The molecular weight excluding hydrogens is 321 g/mol. The molecule has 0 aromatic heterocycles. The van der Waals surface area contributed by atoms with Crippen LogP contribution in [0.15, 0.2) is 22.7 Å². The van der Waals surface area contributed by atoms with E-state index in [0.717, 1.165) is 0 Å². The van der Waals surface area contributed by atoms with Crippen molar-refractivity contribution in [1.29, 1.82) is 0 Å². The lowest BCUT2D eigenvalue weighted by Gasteiger charge is -2.18. The number of rotatable bonds is 4. The van der Waals surface area contributed by atoms with Gasteiger partial charge in [-0.25, -0.2) is 4.79 Å². The van der Waals surface area contributed by atoms with Crippen LogP contribution >= 0.6 is 27.5 Å². The molecule has 0 radical (unpaired) electrons. The Labute approximate surface area is 118 Å².